The predicted octanol–water partition coefficient (Wildman–Crippen LogP) is 4.14. The maximum Gasteiger partial charge on any atom is 0.246 e. The molecule has 1 atom stereocenters. The van der Waals surface area contributed by atoms with Gasteiger partial charge in [-0.3, -0.25) is 4.79 Å². The molecule has 21 heavy (non-hydrogen) atoms. The normalized spacial score (nSPS) is 11.5. The Bertz CT molecular complexity index is 710. The summed E-state index contributed by atoms with van der Waals surface area (Å²) in [5.41, 5.74) is 1.67. The van der Waals surface area contributed by atoms with E-state index in [0.29, 0.717) is 21.3 Å². The van der Waals surface area contributed by atoms with E-state index in [2.05, 4.69) is 21.2 Å². The van der Waals surface area contributed by atoms with Crippen LogP contribution in [0.15, 0.2) is 46.9 Å². The molecule has 0 saturated carbocycles. The van der Waals surface area contributed by atoms with Crippen molar-refractivity contribution in [2.24, 2.45) is 0 Å². The highest BCUT2D eigenvalue weighted by atomic mass is 79.9. The molecule has 0 heterocycles. The van der Waals surface area contributed by atoms with Crippen molar-refractivity contribution in [3.8, 4) is 6.07 Å². The van der Waals surface area contributed by atoms with Crippen LogP contribution in [0.2, 0.25) is 0 Å². The molecule has 0 aliphatic carbocycles. The van der Waals surface area contributed by atoms with Crippen molar-refractivity contribution >= 4 is 27.5 Å². The summed E-state index contributed by atoms with van der Waals surface area (Å²) < 4.78 is 13.9. The average molecular weight is 347 g/mol. The first-order valence-corrected chi connectivity index (χ1v) is 7.03. The number of nitrogens with zero attached hydrogens (tertiary/aromatic N) is 1. The van der Waals surface area contributed by atoms with Crippen LogP contribution in [0.25, 0.3) is 0 Å². The van der Waals surface area contributed by atoms with Gasteiger partial charge in [0.2, 0.25) is 5.91 Å². The lowest BCUT2D eigenvalue weighted by molar-refractivity contribution is -0.116. The van der Waals surface area contributed by atoms with Crippen molar-refractivity contribution in [3.05, 3.63) is 63.9 Å². The lowest BCUT2D eigenvalue weighted by atomic mass is 9.99. The van der Waals surface area contributed by atoms with Crippen LogP contribution >= 0.6 is 15.9 Å². The number of halogens is 2. The van der Waals surface area contributed by atoms with Crippen LogP contribution in [-0.2, 0) is 4.79 Å². The van der Waals surface area contributed by atoms with E-state index in [-0.39, 0.29) is 0 Å². The van der Waals surface area contributed by atoms with E-state index in [9.17, 15) is 14.4 Å². The molecule has 0 aliphatic rings. The smallest absolute Gasteiger partial charge is 0.246 e. The van der Waals surface area contributed by atoms with Gasteiger partial charge in [0.1, 0.15) is 5.82 Å². The average Bonchev–Trinajstić information content (AvgIpc) is 2.46. The van der Waals surface area contributed by atoms with E-state index in [0.717, 1.165) is 0 Å². The summed E-state index contributed by atoms with van der Waals surface area (Å²) in [5, 5.41) is 11.8. The number of hydrogen-bond acceptors (Lipinski definition) is 2. The molecule has 0 fully saturated rings. The third-order valence-electron chi connectivity index (χ3n) is 3.05. The Morgan fingerprint density at radius 2 is 2.00 bits per heavy atom. The number of amides is 1. The molecule has 0 spiro atoms. The summed E-state index contributed by atoms with van der Waals surface area (Å²) in [6.07, 6.45) is 0. The van der Waals surface area contributed by atoms with Crippen LogP contribution < -0.4 is 5.32 Å². The number of rotatable bonds is 3. The number of nitriles is 1. The number of benzene rings is 2. The van der Waals surface area contributed by atoms with Crippen LogP contribution in [0, 0.1) is 24.1 Å². The number of anilines is 1. The van der Waals surface area contributed by atoms with Crippen LogP contribution in [0.3, 0.4) is 0 Å². The second kappa shape index (κ2) is 6.51. The number of hydrogen-bond donors (Lipinski definition) is 1. The SMILES string of the molecule is Cc1cc(Br)c(F)cc1NC(=O)C(C#N)c1ccccc1. The molecular formula is C16H12BrFN2O. The van der Waals surface area contributed by atoms with Crippen LogP contribution in [-0.4, -0.2) is 5.91 Å². The van der Waals surface area contributed by atoms with E-state index < -0.39 is 17.6 Å². The molecule has 1 amide bonds. The van der Waals surface area contributed by atoms with Gasteiger partial charge >= 0.3 is 0 Å². The van der Waals surface area contributed by atoms with Crippen molar-refractivity contribution in [1.29, 1.82) is 5.26 Å². The quantitative estimate of drug-likeness (QED) is 0.907. The van der Waals surface area contributed by atoms with Gasteiger partial charge < -0.3 is 5.32 Å². The number of carbonyl (C=O) groups excluding carboxylic acids is 1. The van der Waals surface area contributed by atoms with Crippen molar-refractivity contribution in [2.45, 2.75) is 12.8 Å². The standard InChI is InChI=1S/C16H12BrFN2O/c1-10-7-13(17)14(18)8-15(10)20-16(21)12(9-19)11-5-3-2-4-6-11/h2-8,12H,1H3,(H,20,21). The highest BCUT2D eigenvalue weighted by Gasteiger charge is 2.21. The monoisotopic (exact) mass is 346 g/mol. The zero-order valence-corrected chi connectivity index (χ0v) is 12.8. The zero-order chi connectivity index (χ0) is 15.4. The second-order valence-electron chi connectivity index (χ2n) is 4.54. The van der Waals surface area contributed by atoms with E-state index in [4.69, 9.17) is 0 Å². The maximum absolute atomic E-state index is 13.6. The fourth-order valence-electron chi connectivity index (χ4n) is 1.92. The Labute approximate surface area is 130 Å². The molecule has 0 radical (unpaired) electrons. The molecular weight excluding hydrogens is 335 g/mol. The molecule has 2 rings (SSSR count). The highest BCUT2D eigenvalue weighted by molar-refractivity contribution is 9.10. The third kappa shape index (κ3) is 3.47. The molecule has 0 bridgehead atoms. The summed E-state index contributed by atoms with van der Waals surface area (Å²) in [5.74, 6) is -1.88. The Hall–Kier alpha value is -2.19. The molecule has 2 aromatic carbocycles. The summed E-state index contributed by atoms with van der Waals surface area (Å²) in [7, 11) is 0. The molecule has 1 N–H and O–H groups in total. The molecule has 106 valence electrons. The van der Waals surface area contributed by atoms with Crippen molar-refractivity contribution in [2.75, 3.05) is 5.32 Å². The fourth-order valence-corrected chi connectivity index (χ4v) is 2.37. The minimum atomic E-state index is -0.933. The minimum Gasteiger partial charge on any atom is -0.324 e. The van der Waals surface area contributed by atoms with Gasteiger partial charge in [-0.15, -0.1) is 0 Å². The second-order valence-corrected chi connectivity index (χ2v) is 5.40. The molecule has 0 aromatic heterocycles. The lowest BCUT2D eigenvalue weighted by Crippen LogP contribution is -2.20. The molecule has 0 saturated heterocycles. The van der Waals surface area contributed by atoms with Gasteiger partial charge in [-0.25, -0.2) is 4.39 Å². The van der Waals surface area contributed by atoms with Gasteiger partial charge in [-0.1, -0.05) is 30.3 Å². The Morgan fingerprint density at radius 3 is 2.62 bits per heavy atom. The Balaban J connectivity index is 2.25. The summed E-state index contributed by atoms with van der Waals surface area (Å²) in [6.45, 7) is 1.75. The van der Waals surface area contributed by atoms with E-state index >= 15 is 0 Å². The van der Waals surface area contributed by atoms with E-state index in [1.807, 2.05) is 12.1 Å². The van der Waals surface area contributed by atoms with Gasteiger partial charge in [0.15, 0.2) is 5.92 Å². The maximum atomic E-state index is 13.6. The largest absolute Gasteiger partial charge is 0.324 e. The first kappa shape index (κ1) is 15.2. The Kier molecular flexibility index (Phi) is 4.71. The molecule has 2 aromatic rings. The van der Waals surface area contributed by atoms with Crippen molar-refractivity contribution in [1.82, 2.24) is 0 Å². The number of nitrogens with one attached hydrogen (secondary N) is 1. The molecule has 1 unspecified atom stereocenters. The van der Waals surface area contributed by atoms with Gasteiger partial charge in [-0.05, 0) is 46.1 Å². The van der Waals surface area contributed by atoms with Crippen LogP contribution in [0.1, 0.15) is 17.0 Å². The highest BCUT2D eigenvalue weighted by Crippen LogP contribution is 2.25. The first-order valence-electron chi connectivity index (χ1n) is 6.24. The zero-order valence-electron chi connectivity index (χ0n) is 11.2. The van der Waals surface area contributed by atoms with E-state index in [1.54, 1.807) is 37.3 Å². The van der Waals surface area contributed by atoms with Gasteiger partial charge in [-0.2, -0.15) is 5.26 Å². The number of aryl methyl sites for hydroxylation is 1. The summed E-state index contributed by atoms with van der Waals surface area (Å²) in [6, 6.07) is 13.5. The predicted molar refractivity (Wildman–Crippen MR) is 82.3 cm³/mol. The van der Waals surface area contributed by atoms with Gasteiger partial charge in [0.05, 0.1) is 10.5 Å². The summed E-state index contributed by atoms with van der Waals surface area (Å²) >= 11 is 3.09. The van der Waals surface area contributed by atoms with Crippen molar-refractivity contribution in [3.63, 3.8) is 0 Å². The molecule has 0 aliphatic heterocycles. The van der Waals surface area contributed by atoms with Gasteiger partial charge in [0.25, 0.3) is 0 Å². The van der Waals surface area contributed by atoms with Gasteiger partial charge in [0, 0.05) is 5.69 Å². The minimum absolute atomic E-state index is 0.331. The third-order valence-corrected chi connectivity index (χ3v) is 3.66. The molecule has 5 heteroatoms. The van der Waals surface area contributed by atoms with Crippen molar-refractivity contribution < 1.29 is 9.18 Å². The first-order chi connectivity index (χ1) is 10.0. The van der Waals surface area contributed by atoms with E-state index in [1.165, 1.54) is 6.07 Å². The topological polar surface area (TPSA) is 52.9 Å². The number of carbonyl (C=O) groups is 1. The summed E-state index contributed by atoms with van der Waals surface area (Å²) in [4.78, 5) is 12.2. The van der Waals surface area contributed by atoms with Crippen LogP contribution in [0.5, 0.6) is 0 Å². The Morgan fingerprint density at radius 1 is 1.33 bits per heavy atom. The van der Waals surface area contributed by atoms with Crippen LogP contribution in [0.4, 0.5) is 10.1 Å². The lowest BCUT2D eigenvalue weighted by Gasteiger charge is -2.13. The molecule has 3 nitrogen and oxygen atoms in total. The fraction of sp³-hybridized carbons (Fsp3) is 0.125.